The van der Waals surface area contributed by atoms with Gasteiger partial charge in [0.05, 0.1) is 6.10 Å². The molecule has 0 unspecified atom stereocenters. The predicted molar refractivity (Wildman–Crippen MR) is 44.7 cm³/mol. The van der Waals surface area contributed by atoms with Gasteiger partial charge in [0.2, 0.25) is 0 Å². The number of nitrogens with one attached hydrogen (secondary N) is 1. The van der Waals surface area contributed by atoms with Crippen molar-refractivity contribution in [2.24, 2.45) is 0 Å². The molecule has 1 heterocycles. The van der Waals surface area contributed by atoms with Crippen LogP contribution >= 0.6 is 12.4 Å². The molecule has 10 heavy (non-hydrogen) atoms. The third-order valence-corrected chi connectivity index (χ3v) is 1.89. The Kier molecular flexibility index (Phi) is 5.04. The maximum Gasteiger partial charge on any atom is 0.0561 e. The first-order valence-electron chi connectivity index (χ1n) is 3.62. The van der Waals surface area contributed by atoms with Crippen molar-refractivity contribution in [2.45, 2.75) is 31.9 Å². The molecule has 1 aliphatic rings. The average molecular weight is 166 g/mol. The summed E-state index contributed by atoms with van der Waals surface area (Å²) in [6.07, 6.45) is 2.79. The van der Waals surface area contributed by atoms with Crippen LogP contribution in [0.25, 0.3) is 0 Å². The van der Waals surface area contributed by atoms with Gasteiger partial charge >= 0.3 is 0 Å². The van der Waals surface area contributed by atoms with Crippen LogP contribution in [0.1, 0.15) is 19.8 Å². The second-order valence-electron chi connectivity index (χ2n) is 2.69. The van der Waals surface area contributed by atoms with E-state index in [9.17, 15) is 0 Å². The van der Waals surface area contributed by atoms with Crippen LogP contribution in [0, 0.1) is 0 Å². The summed E-state index contributed by atoms with van der Waals surface area (Å²) in [7, 11) is 2.02. The van der Waals surface area contributed by atoms with Crippen LogP contribution < -0.4 is 5.32 Å². The first kappa shape index (κ1) is 10.2. The van der Waals surface area contributed by atoms with Crippen molar-refractivity contribution in [1.82, 2.24) is 5.32 Å². The van der Waals surface area contributed by atoms with Gasteiger partial charge in [-0.15, -0.1) is 12.4 Å². The van der Waals surface area contributed by atoms with Gasteiger partial charge in [-0.3, -0.25) is 0 Å². The van der Waals surface area contributed by atoms with Crippen molar-refractivity contribution in [3.63, 3.8) is 0 Å². The lowest BCUT2D eigenvalue weighted by Gasteiger charge is -2.26. The van der Waals surface area contributed by atoms with Crippen molar-refractivity contribution in [1.29, 1.82) is 0 Å². The standard InChI is InChI=1S/C7H15NO.ClH/c1-6-5-7(8-2)3-4-9-6;/h6-8H,3-5H2,1-2H3;1H/t6-,7-;/m0./s1. The monoisotopic (exact) mass is 165 g/mol. The highest BCUT2D eigenvalue weighted by molar-refractivity contribution is 5.85. The van der Waals surface area contributed by atoms with Crippen LogP contribution in [0.3, 0.4) is 0 Å². The molecule has 1 saturated heterocycles. The summed E-state index contributed by atoms with van der Waals surface area (Å²) in [6.45, 7) is 3.05. The van der Waals surface area contributed by atoms with E-state index in [1.165, 1.54) is 6.42 Å². The predicted octanol–water partition coefficient (Wildman–Crippen LogP) is 1.20. The summed E-state index contributed by atoms with van der Waals surface area (Å²) in [6, 6.07) is 0.689. The molecule has 0 amide bonds. The second kappa shape index (κ2) is 4.94. The maximum atomic E-state index is 5.37. The van der Waals surface area contributed by atoms with Crippen molar-refractivity contribution < 1.29 is 4.74 Å². The molecular weight excluding hydrogens is 150 g/mol. The number of ether oxygens (including phenoxy) is 1. The smallest absolute Gasteiger partial charge is 0.0561 e. The molecule has 0 radical (unpaired) electrons. The Bertz CT molecular complexity index is 89.7. The van der Waals surface area contributed by atoms with Gasteiger partial charge in [-0.2, -0.15) is 0 Å². The van der Waals surface area contributed by atoms with Crippen LogP contribution in [0.15, 0.2) is 0 Å². The minimum Gasteiger partial charge on any atom is -0.378 e. The molecule has 3 heteroatoms. The zero-order chi connectivity index (χ0) is 6.69. The Balaban J connectivity index is 0.000000810. The summed E-state index contributed by atoms with van der Waals surface area (Å²) in [5.74, 6) is 0. The molecule has 0 spiro atoms. The summed E-state index contributed by atoms with van der Waals surface area (Å²) in [5, 5.41) is 3.25. The Morgan fingerprint density at radius 1 is 1.50 bits per heavy atom. The van der Waals surface area contributed by atoms with Crippen LogP contribution in [0.2, 0.25) is 0 Å². The number of rotatable bonds is 1. The highest BCUT2D eigenvalue weighted by Crippen LogP contribution is 2.11. The van der Waals surface area contributed by atoms with E-state index < -0.39 is 0 Å². The van der Waals surface area contributed by atoms with Crippen LogP contribution in [0.5, 0.6) is 0 Å². The lowest BCUT2D eigenvalue weighted by atomic mass is 10.1. The second-order valence-corrected chi connectivity index (χ2v) is 2.69. The molecule has 1 fully saturated rings. The number of halogens is 1. The zero-order valence-electron chi connectivity index (χ0n) is 6.59. The fraction of sp³-hybridized carbons (Fsp3) is 1.00. The number of hydrogen-bond acceptors (Lipinski definition) is 2. The molecule has 1 N–H and O–H groups in total. The topological polar surface area (TPSA) is 21.3 Å². The third-order valence-electron chi connectivity index (χ3n) is 1.89. The lowest BCUT2D eigenvalue weighted by Crippen LogP contribution is -2.35. The molecule has 62 valence electrons. The highest BCUT2D eigenvalue weighted by Gasteiger charge is 2.16. The molecule has 1 rings (SSSR count). The van der Waals surface area contributed by atoms with Crippen molar-refractivity contribution >= 4 is 12.4 Å². The molecule has 1 aliphatic heterocycles. The number of hydrogen-bond donors (Lipinski definition) is 1. The SMILES string of the molecule is CN[C@H]1CCO[C@@H](C)C1.Cl. The van der Waals surface area contributed by atoms with Gasteiger partial charge in [0.25, 0.3) is 0 Å². The van der Waals surface area contributed by atoms with Gasteiger partial charge in [0.1, 0.15) is 0 Å². The Morgan fingerprint density at radius 2 is 2.20 bits per heavy atom. The third kappa shape index (κ3) is 2.86. The Labute approximate surface area is 68.7 Å². The molecule has 2 nitrogen and oxygen atoms in total. The van der Waals surface area contributed by atoms with E-state index in [1.807, 2.05) is 7.05 Å². The van der Waals surface area contributed by atoms with Gasteiger partial charge in [0.15, 0.2) is 0 Å². The van der Waals surface area contributed by atoms with Crippen molar-refractivity contribution in [3.05, 3.63) is 0 Å². The Morgan fingerprint density at radius 3 is 2.60 bits per heavy atom. The van der Waals surface area contributed by atoms with E-state index in [2.05, 4.69) is 12.2 Å². The minimum absolute atomic E-state index is 0. The Hall–Kier alpha value is 0.210. The maximum absolute atomic E-state index is 5.37. The molecule has 0 aromatic carbocycles. The molecule has 2 atom stereocenters. The molecule has 0 aromatic heterocycles. The molecule has 0 aromatic rings. The van der Waals surface area contributed by atoms with E-state index in [0.29, 0.717) is 12.1 Å². The van der Waals surface area contributed by atoms with Gasteiger partial charge < -0.3 is 10.1 Å². The van der Waals surface area contributed by atoms with E-state index >= 15 is 0 Å². The molecule has 0 bridgehead atoms. The van der Waals surface area contributed by atoms with Crippen molar-refractivity contribution in [3.8, 4) is 0 Å². The van der Waals surface area contributed by atoms with E-state index in [-0.39, 0.29) is 12.4 Å². The quantitative estimate of drug-likeness (QED) is 0.631. The van der Waals surface area contributed by atoms with E-state index in [1.54, 1.807) is 0 Å². The average Bonchev–Trinajstić information content (AvgIpc) is 1.88. The summed E-state index contributed by atoms with van der Waals surface area (Å²) in [4.78, 5) is 0. The fourth-order valence-corrected chi connectivity index (χ4v) is 1.26. The largest absolute Gasteiger partial charge is 0.378 e. The zero-order valence-corrected chi connectivity index (χ0v) is 7.41. The van der Waals surface area contributed by atoms with Crippen molar-refractivity contribution in [2.75, 3.05) is 13.7 Å². The van der Waals surface area contributed by atoms with Crippen LogP contribution in [-0.2, 0) is 4.74 Å². The first-order valence-corrected chi connectivity index (χ1v) is 3.62. The minimum atomic E-state index is 0. The molecule has 0 saturated carbocycles. The van der Waals surface area contributed by atoms with Crippen LogP contribution in [-0.4, -0.2) is 25.8 Å². The van der Waals surface area contributed by atoms with Crippen LogP contribution in [0.4, 0.5) is 0 Å². The van der Waals surface area contributed by atoms with E-state index in [0.717, 1.165) is 13.0 Å². The van der Waals surface area contributed by atoms with Gasteiger partial charge in [-0.05, 0) is 26.8 Å². The van der Waals surface area contributed by atoms with Gasteiger partial charge in [0, 0.05) is 12.6 Å². The molecule has 0 aliphatic carbocycles. The fourth-order valence-electron chi connectivity index (χ4n) is 1.26. The molecular formula is C7H16ClNO. The summed E-state index contributed by atoms with van der Waals surface area (Å²) >= 11 is 0. The lowest BCUT2D eigenvalue weighted by molar-refractivity contribution is 0.0147. The van der Waals surface area contributed by atoms with E-state index in [4.69, 9.17) is 4.74 Å². The summed E-state index contributed by atoms with van der Waals surface area (Å²) < 4.78 is 5.37. The van der Waals surface area contributed by atoms with Gasteiger partial charge in [-0.25, -0.2) is 0 Å². The summed E-state index contributed by atoms with van der Waals surface area (Å²) in [5.41, 5.74) is 0. The first-order chi connectivity index (χ1) is 4.33. The van der Waals surface area contributed by atoms with Gasteiger partial charge in [-0.1, -0.05) is 0 Å². The highest BCUT2D eigenvalue weighted by atomic mass is 35.5. The normalized spacial score (nSPS) is 33.0.